The molecule has 1 aromatic heterocycles. The van der Waals surface area contributed by atoms with E-state index >= 15 is 0 Å². The molecular weight excluding hydrogens is 405 g/mol. The highest BCUT2D eigenvalue weighted by atomic mass is 32.2. The first kappa shape index (κ1) is 20.4. The van der Waals surface area contributed by atoms with Gasteiger partial charge < -0.3 is 5.32 Å². The predicted molar refractivity (Wildman–Crippen MR) is 99.9 cm³/mol. The third-order valence-corrected chi connectivity index (χ3v) is 7.20. The Morgan fingerprint density at radius 2 is 1.76 bits per heavy atom. The van der Waals surface area contributed by atoms with Crippen molar-refractivity contribution in [3.63, 3.8) is 0 Å². The molecule has 1 atom stereocenters. The van der Waals surface area contributed by atoms with Gasteiger partial charge in [0.05, 0.1) is 5.25 Å². The van der Waals surface area contributed by atoms with E-state index < -0.39 is 29.1 Å². The maximum Gasteiger partial charge on any atom is 0.433 e. The number of hydrogen-bond donors (Lipinski definition) is 2. The molecule has 3 amide bonds. The fraction of sp³-hybridized carbons (Fsp3) is 0.684. The number of carbonyl (C=O) groups is 2. The van der Waals surface area contributed by atoms with Crippen LogP contribution in [0.2, 0.25) is 0 Å². The third kappa shape index (κ3) is 4.51. The van der Waals surface area contributed by atoms with E-state index in [-0.39, 0.29) is 10.7 Å². The van der Waals surface area contributed by atoms with Crippen LogP contribution in [0.4, 0.5) is 18.0 Å². The van der Waals surface area contributed by atoms with E-state index in [2.05, 4.69) is 20.6 Å². The summed E-state index contributed by atoms with van der Waals surface area (Å²) in [4.78, 5) is 32.0. The van der Waals surface area contributed by atoms with Crippen molar-refractivity contribution in [2.45, 2.75) is 67.6 Å². The molecule has 10 heteroatoms. The molecule has 158 valence electrons. The normalized spacial score (nSPS) is 31.4. The highest BCUT2D eigenvalue weighted by Crippen LogP contribution is 2.55. The van der Waals surface area contributed by atoms with Crippen LogP contribution >= 0.6 is 11.8 Å². The Hall–Kier alpha value is -1.84. The van der Waals surface area contributed by atoms with E-state index in [1.54, 1.807) is 0 Å². The Morgan fingerprint density at radius 3 is 2.31 bits per heavy atom. The molecule has 0 spiro atoms. The highest BCUT2D eigenvalue weighted by Gasteiger charge is 2.51. The summed E-state index contributed by atoms with van der Waals surface area (Å²) in [6, 6.07) is 0.239. The highest BCUT2D eigenvalue weighted by molar-refractivity contribution is 8.00. The number of nitrogens with one attached hydrogen (secondary N) is 2. The Kier molecular flexibility index (Phi) is 5.25. The second-order valence-electron chi connectivity index (χ2n) is 8.62. The summed E-state index contributed by atoms with van der Waals surface area (Å²) in [5, 5.41) is 4.39. The van der Waals surface area contributed by atoms with Crippen molar-refractivity contribution < 1.29 is 22.8 Å². The predicted octanol–water partition coefficient (Wildman–Crippen LogP) is 3.77. The van der Waals surface area contributed by atoms with Gasteiger partial charge in [0.1, 0.15) is 5.69 Å². The van der Waals surface area contributed by atoms with Crippen LogP contribution in [0.3, 0.4) is 0 Å². The molecule has 1 unspecified atom stereocenters. The summed E-state index contributed by atoms with van der Waals surface area (Å²) in [6.07, 6.45) is 3.03. The monoisotopic (exact) mass is 428 g/mol. The number of thioether (sulfide) groups is 1. The molecule has 0 aliphatic heterocycles. The maximum absolute atomic E-state index is 12.8. The van der Waals surface area contributed by atoms with Crippen LogP contribution in [-0.4, -0.2) is 32.7 Å². The number of halogens is 3. The van der Waals surface area contributed by atoms with Gasteiger partial charge in [-0.15, -0.1) is 0 Å². The van der Waals surface area contributed by atoms with Crippen LogP contribution in [-0.2, 0) is 11.0 Å². The summed E-state index contributed by atoms with van der Waals surface area (Å²) in [6.45, 7) is 1.50. The van der Waals surface area contributed by atoms with E-state index in [0.717, 1.165) is 43.3 Å². The minimum Gasteiger partial charge on any atom is -0.332 e. The van der Waals surface area contributed by atoms with Crippen LogP contribution in [0.5, 0.6) is 0 Å². The number of carbonyl (C=O) groups excluding carboxylic acids is 2. The standard InChI is InChI=1S/C19H23F3N4O2S/c1-10(29-17-23-3-2-14(24-17)19(20,21)22)15(27)25-16(28)26-18-7-11-4-12(8-18)6-13(5-11)9-18/h2-3,10-13H,4-9H2,1H3,(H2,25,26,27,28). The molecule has 0 radical (unpaired) electrons. The topological polar surface area (TPSA) is 84.0 Å². The molecule has 0 aromatic carbocycles. The zero-order chi connectivity index (χ0) is 20.8. The lowest BCUT2D eigenvalue weighted by Gasteiger charge is -2.56. The van der Waals surface area contributed by atoms with E-state index in [1.165, 1.54) is 26.2 Å². The van der Waals surface area contributed by atoms with Gasteiger partial charge >= 0.3 is 12.2 Å². The molecule has 4 bridgehead atoms. The van der Waals surface area contributed by atoms with Crippen molar-refractivity contribution in [3.05, 3.63) is 18.0 Å². The number of hydrogen-bond acceptors (Lipinski definition) is 5. The average Bonchev–Trinajstić information content (AvgIpc) is 2.59. The van der Waals surface area contributed by atoms with Gasteiger partial charge in [-0.2, -0.15) is 13.2 Å². The average molecular weight is 428 g/mol. The lowest BCUT2D eigenvalue weighted by atomic mass is 9.53. The molecule has 4 aliphatic carbocycles. The number of alkyl halides is 3. The molecule has 6 nitrogen and oxygen atoms in total. The lowest BCUT2D eigenvalue weighted by Crippen LogP contribution is -2.62. The van der Waals surface area contributed by atoms with Crippen LogP contribution in [0.15, 0.2) is 17.4 Å². The fourth-order valence-electron chi connectivity index (χ4n) is 5.52. The number of aromatic nitrogens is 2. The molecule has 29 heavy (non-hydrogen) atoms. The minimum absolute atomic E-state index is 0.163. The molecular formula is C19H23F3N4O2S. The molecule has 4 aliphatic rings. The largest absolute Gasteiger partial charge is 0.433 e. The van der Waals surface area contributed by atoms with Gasteiger partial charge in [-0.1, -0.05) is 11.8 Å². The van der Waals surface area contributed by atoms with Crippen molar-refractivity contribution in [2.75, 3.05) is 0 Å². The van der Waals surface area contributed by atoms with Gasteiger partial charge in [-0.25, -0.2) is 14.8 Å². The number of amides is 3. The molecule has 0 saturated heterocycles. The van der Waals surface area contributed by atoms with Crippen LogP contribution in [0.1, 0.15) is 51.1 Å². The zero-order valence-electron chi connectivity index (χ0n) is 16.0. The first-order valence-electron chi connectivity index (χ1n) is 9.82. The van der Waals surface area contributed by atoms with E-state index in [0.29, 0.717) is 17.8 Å². The zero-order valence-corrected chi connectivity index (χ0v) is 16.8. The Balaban J connectivity index is 1.33. The van der Waals surface area contributed by atoms with Gasteiger partial charge in [0, 0.05) is 11.7 Å². The van der Waals surface area contributed by atoms with E-state index in [9.17, 15) is 22.8 Å². The molecule has 1 aromatic rings. The summed E-state index contributed by atoms with van der Waals surface area (Å²) < 4.78 is 38.3. The smallest absolute Gasteiger partial charge is 0.332 e. The Bertz CT molecular complexity index is 782. The molecule has 4 fully saturated rings. The first-order valence-corrected chi connectivity index (χ1v) is 10.7. The number of rotatable bonds is 4. The van der Waals surface area contributed by atoms with Crippen LogP contribution < -0.4 is 10.6 Å². The number of nitrogens with zero attached hydrogens (tertiary/aromatic N) is 2. The SMILES string of the molecule is CC(Sc1nccc(C(F)(F)F)n1)C(=O)NC(=O)NC12CC3CC(CC(C3)C1)C2. The van der Waals surface area contributed by atoms with Gasteiger partial charge in [-0.05, 0) is 69.3 Å². The second kappa shape index (κ2) is 7.45. The van der Waals surface area contributed by atoms with Crippen LogP contribution in [0, 0.1) is 17.8 Å². The van der Waals surface area contributed by atoms with Crippen molar-refractivity contribution >= 4 is 23.7 Å². The van der Waals surface area contributed by atoms with E-state index in [1.807, 2.05) is 0 Å². The lowest BCUT2D eigenvalue weighted by molar-refractivity contribution is -0.141. The summed E-state index contributed by atoms with van der Waals surface area (Å²) in [5.41, 5.74) is -1.29. The summed E-state index contributed by atoms with van der Waals surface area (Å²) in [5.74, 6) is 1.39. The van der Waals surface area contributed by atoms with Gasteiger partial charge in [0.2, 0.25) is 5.91 Å². The third-order valence-electron chi connectivity index (χ3n) is 6.23. The van der Waals surface area contributed by atoms with Crippen LogP contribution in [0.25, 0.3) is 0 Å². The minimum atomic E-state index is -4.58. The summed E-state index contributed by atoms with van der Waals surface area (Å²) >= 11 is 0.780. The van der Waals surface area contributed by atoms with E-state index in [4.69, 9.17) is 0 Å². The van der Waals surface area contributed by atoms with Crippen molar-refractivity contribution in [1.29, 1.82) is 0 Å². The van der Waals surface area contributed by atoms with Gasteiger partial charge in [0.15, 0.2) is 5.16 Å². The Morgan fingerprint density at radius 1 is 1.17 bits per heavy atom. The van der Waals surface area contributed by atoms with Gasteiger partial charge in [-0.3, -0.25) is 10.1 Å². The summed E-state index contributed by atoms with van der Waals surface area (Å²) in [7, 11) is 0. The van der Waals surface area contributed by atoms with Crippen molar-refractivity contribution in [3.8, 4) is 0 Å². The maximum atomic E-state index is 12.8. The second-order valence-corrected chi connectivity index (χ2v) is 9.93. The quantitative estimate of drug-likeness (QED) is 0.563. The first-order chi connectivity index (χ1) is 13.6. The Labute approximate surface area is 170 Å². The molecule has 1 heterocycles. The van der Waals surface area contributed by atoms with Gasteiger partial charge in [0.25, 0.3) is 0 Å². The fourth-order valence-corrected chi connectivity index (χ4v) is 6.27. The number of urea groups is 1. The van der Waals surface area contributed by atoms with Crippen molar-refractivity contribution in [1.82, 2.24) is 20.6 Å². The number of imide groups is 1. The molecule has 5 rings (SSSR count). The molecule has 2 N–H and O–H groups in total. The molecule has 4 saturated carbocycles. The van der Waals surface area contributed by atoms with Crippen molar-refractivity contribution in [2.24, 2.45) is 17.8 Å².